The summed E-state index contributed by atoms with van der Waals surface area (Å²) in [5.74, 6) is -1.18. The normalized spacial score (nSPS) is 10.1. The monoisotopic (exact) mass is 224 g/mol. The molecule has 0 aromatic carbocycles. The van der Waals surface area contributed by atoms with Gasteiger partial charge in [-0.15, -0.1) is 0 Å². The van der Waals surface area contributed by atoms with Crippen LogP contribution >= 0.6 is 0 Å². The zero-order valence-corrected chi connectivity index (χ0v) is 9.27. The predicted molar refractivity (Wildman–Crippen MR) is 59.3 cm³/mol. The standard InChI is InChI=1S/C11H16N2O3/c1-2-3-6-12-11(16)9-5-4-7-13(9)8-10(14)15/h4-5,7H,2-3,6,8H2,1H3,(H,12,16)(H,14,15). The number of rotatable bonds is 6. The summed E-state index contributed by atoms with van der Waals surface area (Å²) in [6.45, 7) is 2.47. The Morgan fingerprint density at radius 1 is 1.50 bits per heavy atom. The summed E-state index contributed by atoms with van der Waals surface area (Å²) < 4.78 is 1.42. The Labute approximate surface area is 94.1 Å². The fraction of sp³-hybridized carbons (Fsp3) is 0.455. The number of aliphatic carboxylic acids is 1. The Bertz CT molecular complexity index is 371. The van der Waals surface area contributed by atoms with Crippen LogP contribution in [0, 0.1) is 0 Å². The summed E-state index contributed by atoms with van der Waals surface area (Å²) in [5.41, 5.74) is 0.388. The summed E-state index contributed by atoms with van der Waals surface area (Å²) in [7, 11) is 0. The highest BCUT2D eigenvalue weighted by Crippen LogP contribution is 2.02. The van der Waals surface area contributed by atoms with Crippen LogP contribution in [0.25, 0.3) is 0 Å². The summed E-state index contributed by atoms with van der Waals surface area (Å²) in [5, 5.41) is 11.4. The van der Waals surface area contributed by atoms with Gasteiger partial charge in [0.15, 0.2) is 0 Å². The van der Waals surface area contributed by atoms with E-state index < -0.39 is 5.97 Å². The van der Waals surface area contributed by atoms with E-state index >= 15 is 0 Å². The molecule has 0 unspecified atom stereocenters. The van der Waals surface area contributed by atoms with Crippen LogP contribution in [0.2, 0.25) is 0 Å². The van der Waals surface area contributed by atoms with Crippen LogP contribution in [0.4, 0.5) is 0 Å². The first kappa shape index (κ1) is 12.3. The molecule has 88 valence electrons. The smallest absolute Gasteiger partial charge is 0.323 e. The summed E-state index contributed by atoms with van der Waals surface area (Å²) >= 11 is 0. The number of unbranched alkanes of at least 4 members (excludes halogenated alkanes) is 1. The highest BCUT2D eigenvalue weighted by molar-refractivity contribution is 5.93. The summed E-state index contributed by atoms with van der Waals surface area (Å²) in [4.78, 5) is 22.2. The van der Waals surface area contributed by atoms with Gasteiger partial charge in [0.05, 0.1) is 0 Å². The topological polar surface area (TPSA) is 71.3 Å². The van der Waals surface area contributed by atoms with E-state index in [-0.39, 0.29) is 12.5 Å². The Hall–Kier alpha value is -1.78. The minimum absolute atomic E-state index is 0.191. The van der Waals surface area contributed by atoms with Crippen LogP contribution in [-0.4, -0.2) is 28.1 Å². The lowest BCUT2D eigenvalue weighted by atomic mass is 10.3. The molecule has 0 saturated heterocycles. The number of nitrogens with one attached hydrogen (secondary N) is 1. The molecule has 0 aliphatic rings. The van der Waals surface area contributed by atoms with Gasteiger partial charge in [-0.3, -0.25) is 9.59 Å². The molecule has 0 aliphatic carbocycles. The molecular weight excluding hydrogens is 208 g/mol. The van der Waals surface area contributed by atoms with Crippen LogP contribution < -0.4 is 5.32 Å². The van der Waals surface area contributed by atoms with Crippen molar-refractivity contribution in [3.8, 4) is 0 Å². The molecule has 0 aliphatic heterocycles. The second kappa shape index (κ2) is 5.95. The maximum absolute atomic E-state index is 11.7. The lowest BCUT2D eigenvalue weighted by molar-refractivity contribution is -0.137. The van der Waals surface area contributed by atoms with Crippen molar-refractivity contribution in [2.75, 3.05) is 6.54 Å². The fourth-order valence-corrected chi connectivity index (χ4v) is 1.37. The van der Waals surface area contributed by atoms with E-state index in [2.05, 4.69) is 5.32 Å². The van der Waals surface area contributed by atoms with Crippen molar-refractivity contribution in [1.29, 1.82) is 0 Å². The Morgan fingerprint density at radius 2 is 2.25 bits per heavy atom. The van der Waals surface area contributed by atoms with Gasteiger partial charge < -0.3 is 15.0 Å². The molecule has 0 atom stereocenters. The quantitative estimate of drug-likeness (QED) is 0.711. The lowest BCUT2D eigenvalue weighted by Crippen LogP contribution is -2.27. The van der Waals surface area contributed by atoms with Crippen LogP contribution in [0.15, 0.2) is 18.3 Å². The number of carbonyl (C=O) groups excluding carboxylic acids is 1. The van der Waals surface area contributed by atoms with E-state index in [0.29, 0.717) is 12.2 Å². The molecule has 1 amide bonds. The third-order valence-electron chi connectivity index (χ3n) is 2.18. The SMILES string of the molecule is CCCCNC(=O)c1cccn1CC(=O)O. The van der Waals surface area contributed by atoms with Gasteiger partial charge in [0.1, 0.15) is 12.2 Å². The number of hydrogen-bond donors (Lipinski definition) is 2. The average molecular weight is 224 g/mol. The van der Waals surface area contributed by atoms with Crippen molar-refractivity contribution in [2.24, 2.45) is 0 Å². The summed E-state index contributed by atoms with van der Waals surface area (Å²) in [6, 6.07) is 3.28. The second-order valence-corrected chi connectivity index (χ2v) is 3.52. The van der Waals surface area contributed by atoms with Gasteiger partial charge >= 0.3 is 5.97 Å². The van der Waals surface area contributed by atoms with Gasteiger partial charge in [-0.1, -0.05) is 13.3 Å². The van der Waals surface area contributed by atoms with Crippen molar-refractivity contribution in [1.82, 2.24) is 9.88 Å². The molecule has 0 bridgehead atoms. The highest BCUT2D eigenvalue weighted by atomic mass is 16.4. The average Bonchev–Trinajstić information content (AvgIpc) is 2.65. The van der Waals surface area contributed by atoms with Crippen LogP contribution in [-0.2, 0) is 11.3 Å². The van der Waals surface area contributed by atoms with Crippen LogP contribution in [0.3, 0.4) is 0 Å². The largest absolute Gasteiger partial charge is 0.480 e. The van der Waals surface area contributed by atoms with Gasteiger partial charge in [0, 0.05) is 12.7 Å². The molecule has 1 aromatic rings. The van der Waals surface area contributed by atoms with Crippen molar-refractivity contribution < 1.29 is 14.7 Å². The molecule has 1 heterocycles. The molecule has 5 nitrogen and oxygen atoms in total. The molecule has 0 saturated carbocycles. The third-order valence-corrected chi connectivity index (χ3v) is 2.18. The highest BCUT2D eigenvalue weighted by Gasteiger charge is 2.11. The van der Waals surface area contributed by atoms with Gasteiger partial charge in [-0.2, -0.15) is 0 Å². The number of hydrogen-bond acceptors (Lipinski definition) is 2. The van der Waals surface area contributed by atoms with Crippen LogP contribution in [0.1, 0.15) is 30.3 Å². The molecular formula is C11H16N2O3. The number of carboxylic acids is 1. The number of nitrogens with zero attached hydrogens (tertiary/aromatic N) is 1. The Kier molecular flexibility index (Phi) is 4.57. The number of aromatic nitrogens is 1. The van der Waals surface area contributed by atoms with Crippen molar-refractivity contribution >= 4 is 11.9 Å². The van der Waals surface area contributed by atoms with E-state index in [1.807, 2.05) is 6.92 Å². The number of amides is 1. The molecule has 2 N–H and O–H groups in total. The molecule has 0 spiro atoms. The minimum Gasteiger partial charge on any atom is -0.480 e. The third kappa shape index (κ3) is 3.42. The van der Waals surface area contributed by atoms with Gasteiger partial charge in [-0.25, -0.2) is 0 Å². The van der Waals surface area contributed by atoms with Gasteiger partial charge in [0.25, 0.3) is 5.91 Å². The first-order valence-electron chi connectivity index (χ1n) is 5.30. The van der Waals surface area contributed by atoms with Crippen molar-refractivity contribution in [2.45, 2.75) is 26.3 Å². The number of carbonyl (C=O) groups is 2. The van der Waals surface area contributed by atoms with E-state index in [0.717, 1.165) is 12.8 Å². The zero-order valence-electron chi connectivity index (χ0n) is 9.27. The maximum atomic E-state index is 11.7. The van der Waals surface area contributed by atoms with E-state index in [9.17, 15) is 9.59 Å². The Balaban J connectivity index is 2.61. The molecule has 0 fully saturated rings. The Morgan fingerprint density at radius 3 is 2.88 bits per heavy atom. The molecule has 1 aromatic heterocycles. The predicted octanol–water partition coefficient (Wildman–Crippen LogP) is 1.10. The second-order valence-electron chi connectivity index (χ2n) is 3.52. The molecule has 1 rings (SSSR count). The molecule has 5 heteroatoms. The van der Waals surface area contributed by atoms with Gasteiger partial charge in [-0.05, 0) is 18.6 Å². The zero-order chi connectivity index (χ0) is 12.0. The molecule has 0 radical (unpaired) electrons. The summed E-state index contributed by atoms with van der Waals surface area (Å²) in [6.07, 6.45) is 3.52. The minimum atomic E-state index is -0.959. The first-order valence-corrected chi connectivity index (χ1v) is 5.30. The van der Waals surface area contributed by atoms with Crippen LogP contribution in [0.5, 0.6) is 0 Å². The van der Waals surface area contributed by atoms with Crippen molar-refractivity contribution in [3.05, 3.63) is 24.0 Å². The molecule has 16 heavy (non-hydrogen) atoms. The van der Waals surface area contributed by atoms with E-state index in [4.69, 9.17) is 5.11 Å². The maximum Gasteiger partial charge on any atom is 0.323 e. The first-order chi connectivity index (χ1) is 7.65. The van der Waals surface area contributed by atoms with E-state index in [1.54, 1.807) is 18.3 Å². The van der Waals surface area contributed by atoms with E-state index in [1.165, 1.54) is 4.57 Å². The van der Waals surface area contributed by atoms with Gasteiger partial charge in [0.2, 0.25) is 0 Å². The lowest BCUT2D eigenvalue weighted by Gasteiger charge is -2.07. The number of carboxylic acid groups (broad SMARTS) is 1. The van der Waals surface area contributed by atoms with Crippen molar-refractivity contribution in [3.63, 3.8) is 0 Å². The fourth-order valence-electron chi connectivity index (χ4n) is 1.37.